The third kappa shape index (κ3) is 2.63. The van der Waals surface area contributed by atoms with Gasteiger partial charge in [-0.25, -0.2) is 0 Å². The molecule has 0 saturated heterocycles. The van der Waals surface area contributed by atoms with Crippen molar-refractivity contribution in [3.05, 3.63) is 41.1 Å². The van der Waals surface area contributed by atoms with Gasteiger partial charge in [0.25, 0.3) is 0 Å². The highest BCUT2D eigenvalue weighted by molar-refractivity contribution is 6.30. The summed E-state index contributed by atoms with van der Waals surface area (Å²) in [5.74, 6) is 1.65. The van der Waals surface area contributed by atoms with Crippen LogP contribution in [0.1, 0.15) is 5.76 Å². The third-order valence-corrected chi connectivity index (χ3v) is 2.02. The molecule has 0 aliphatic rings. The Bertz CT molecular complexity index is 439. The smallest absolute Gasteiger partial charge is 0.176 e. The molecule has 0 atom stereocenters. The molecule has 4 nitrogen and oxygen atoms in total. The summed E-state index contributed by atoms with van der Waals surface area (Å²) in [4.78, 5) is 0. The lowest BCUT2D eigenvalue weighted by molar-refractivity contribution is 0.249. The molecule has 5 heteroatoms. The zero-order valence-corrected chi connectivity index (χ0v) is 8.57. The van der Waals surface area contributed by atoms with E-state index in [0.717, 1.165) is 5.75 Å². The summed E-state index contributed by atoms with van der Waals surface area (Å²) in [5.41, 5.74) is 5.39. The molecule has 0 amide bonds. The van der Waals surface area contributed by atoms with E-state index >= 15 is 0 Å². The Labute approximate surface area is 91.6 Å². The van der Waals surface area contributed by atoms with Crippen molar-refractivity contribution in [1.29, 1.82) is 0 Å². The van der Waals surface area contributed by atoms with E-state index in [1.807, 2.05) is 0 Å². The van der Waals surface area contributed by atoms with Gasteiger partial charge in [0.1, 0.15) is 12.4 Å². The minimum atomic E-state index is 0.297. The molecule has 1 aromatic heterocycles. The number of nitrogens with zero attached hydrogens (tertiary/aromatic N) is 1. The number of anilines is 1. The Kier molecular flexibility index (Phi) is 2.78. The highest BCUT2D eigenvalue weighted by Gasteiger charge is 2.01. The fraction of sp³-hybridized carbons (Fsp3) is 0.100. The van der Waals surface area contributed by atoms with Crippen molar-refractivity contribution in [2.75, 3.05) is 5.73 Å². The van der Waals surface area contributed by atoms with Crippen LogP contribution >= 0.6 is 11.6 Å². The lowest BCUT2D eigenvalue weighted by atomic mass is 10.3. The first-order chi connectivity index (χ1) is 7.24. The van der Waals surface area contributed by atoms with Crippen LogP contribution in [0, 0.1) is 0 Å². The van der Waals surface area contributed by atoms with Gasteiger partial charge < -0.3 is 15.0 Å². The van der Waals surface area contributed by atoms with Crippen LogP contribution in [0.2, 0.25) is 5.02 Å². The molecule has 0 aliphatic heterocycles. The summed E-state index contributed by atoms with van der Waals surface area (Å²) in [5, 5.41) is 4.22. The largest absolute Gasteiger partial charge is 0.486 e. The highest BCUT2D eigenvalue weighted by atomic mass is 35.5. The van der Waals surface area contributed by atoms with Crippen LogP contribution in [-0.2, 0) is 6.61 Å². The van der Waals surface area contributed by atoms with Crippen LogP contribution in [0.5, 0.6) is 5.75 Å². The van der Waals surface area contributed by atoms with Crippen LogP contribution in [0.25, 0.3) is 0 Å². The maximum Gasteiger partial charge on any atom is 0.176 e. The van der Waals surface area contributed by atoms with Crippen LogP contribution < -0.4 is 10.5 Å². The van der Waals surface area contributed by atoms with Crippen molar-refractivity contribution < 1.29 is 9.26 Å². The van der Waals surface area contributed by atoms with Gasteiger partial charge in [-0.05, 0) is 24.3 Å². The van der Waals surface area contributed by atoms with E-state index in [0.29, 0.717) is 23.2 Å². The van der Waals surface area contributed by atoms with E-state index < -0.39 is 0 Å². The first kappa shape index (κ1) is 9.86. The van der Waals surface area contributed by atoms with Gasteiger partial charge in [0, 0.05) is 11.1 Å². The van der Waals surface area contributed by atoms with Gasteiger partial charge in [0.05, 0.1) is 0 Å². The number of ether oxygens (including phenoxy) is 1. The van der Waals surface area contributed by atoms with Crippen molar-refractivity contribution in [2.45, 2.75) is 6.61 Å². The Hall–Kier alpha value is -1.68. The number of benzene rings is 1. The van der Waals surface area contributed by atoms with Gasteiger partial charge in [-0.2, -0.15) is 0 Å². The van der Waals surface area contributed by atoms with Gasteiger partial charge in [-0.1, -0.05) is 16.8 Å². The molecule has 0 bridgehead atoms. The first-order valence-electron chi connectivity index (χ1n) is 4.33. The quantitative estimate of drug-likeness (QED) is 0.870. The molecular formula is C10H9ClN2O2. The predicted octanol–water partition coefficient (Wildman–Crippen LogP) is 2.49. The van der Waals surface area contributed by atoms with Crippen LogP contribution in [0.3, 0.4) is 0 Å². The fourth-order valence-electron chi connectivity index (χ4n) is 1.08. The number of hydrogen-bond acceptors (Lipinski definition) is 4. The van der Waals surface area contributed by atoms with Crippen LogP contribution in [-0.4, -0.2) is 5.16 Å². The molecule has 78 valence electrons. The molecule has 0 radical (unpaired) electrons. The van der Waals surface area contributed by atoms with Crippen LogP contribution in [0.4, 0.5) is 5.82 Å². The number of rotatable bonds is 3. The van der Waals surface area contributed by atoms with E-state index in [4.69, 9.17) is 26.6 Å². The minimum Gasteiger partial charge on any atom is -0.486 e. The predicted molar refractivity (Wildman–Crippen MR) is 56.7 cm³/mol. The molecule has 2 rings (SSSR count). The second-order valence-corrected chi connectivity index (χ2v) is 3.40. The maximum atomic E-state index is 5.73. The van der Waals surface area contributed by atoms with Crippen molar-refractivity contribution in [3.8, 4) is 5.75 Å². The zero-order chi connectivity index (χ0) is 10.7. The molecular weight excluding hydrogens is 216 g/mol. The molecule has 0 fully saturated rings. The lowest BCUT2D eigenvalue weighted by Gasteiger charge is -2.02. The number of hydrogen-bond donors (Lipinski definition) is 1. The monoisotopic (exact) mass is 224 g/mol. The van der Waals surface area contributed by atoms with Crippen LogP contribution in [0.15, 0.2) is 34.9 Å². The number of nitrogen functional groups attached to an aromatic ring is 1. The molecule has 1 aromatic carbocycles. The van der Waals surface area contributed by atoms with E-state index in [9.17, 15) is 0 Å². The number of nitrogens with two attached hydrogens (primary N) is 1. The summed E-state index contributed by atoms with van der Waals surface area (Å²) in [6.07, 6.45) is 0. The Morgan fingerprint density at radius 3 is 2.67 bits per heavy atom. The summed E-state index contributed by atoms with van der Waals surface area (Å²) in [6, 6.07) is 8.69. The van der Waals surface area contributed by atoms with E-state index in [2.05, 4.69) is 5.16 Å². The topological polar surface area (TPSA) is 61.3 Å². The lowest BCUT2D eigenvalue weighted by Crippen LogP contribution is -1.93. The average molecular weight is 225 g/mol. The minimum absolute atomic E-state index is 0.297. The maximum absolute atomic E-state index is 5.73. The second-order valence-electron chi connectivity index (χ2n) is 2.96. The van der Waals surface area contributed by atoms with Gasteiger partial charge >= 0.3 is 0 Å². The molecule has 0 aliphatic carbocycles. The van der Waals surface area contributed by atoms with Crippen molar-refractivity contribution in [3.63, 3.8) is 0 Å². The zero-order valence-electron chi connectivity index (χ0n) is 7.81. The van der Waals surface area contributed by atoms with Gasteiger partial charge in [0.15, 0.2) is 11.6 Å². The number of aromatic nitrogens is 1. The SMILES string of the molecule is Nc1cc(COc2ccc(Cl)cc2)on1. The van der Waals surface area contributed by atoms with E-state index in [1.54, 1.807) is 30.3 Å². The fourth-order valence-corrected chi connectivity index (χ4v) is 1.21. The standard InChI is InChI=1S/C10H9ClN2O2/c11-7-1-3-8(4-2-7)14-6-9-5-10(12)13-15-9/h1-5H,6H2,(H2,12,13). The van der Waals surface area contributed by atoms with Crippen molar-refractivity contribution in [1.82, 2.24) is 5.16 Å². The molecule has 15 heavy (non-hydrogen) atoms. The molecule has 2 aromatic rings. The van der Waals surface area contributed by atoms with Crippen molar-refractivity contribution in [2.24, 2.45) is 0 Å². The Balaban J connectivity index is 1.96. The van der Waals surface area contributed by atoms with Gasteiger partial charge in [-0.15, -0.1) is 0 Å². The summed E-state index contributed by atoms with van der Waals surface area (Å²) >= 11 is 5.73. The first-order valence-corrected chi connectivity index (χ1v) is 4.71. The molecule has 0 spiro atoms. The third-order valence-electron chi connectivity index (χ3n) is 1.77. The van der Waals surface area contributed by atoms with Gasteiger partial charge in [0.2, 0.25) is 0 Å². The molecule has 0 saturated carbocycles. The Morgan fingerprint density at radius 1 is 1.33 bits per heavy atom. The van der Waals surface area contributed by atoms with E-state index in [-0.39, 0.29) is 0 Å². The average Bonchev–Trinajstić information content (AvgIpc) is 2.64. The number of halogens is 1. The summed E-state index contributed by atoms with van der Waals surface area (Å²) in [7, 11) is 0. The highest BCUT2D eigenvalue weighted by Crippen LogP contribution is 2.17. The molecule has 0 unspecified atom stereocenters. The van der Waals surface area contributed by atoms with Crippen molar-refractivity contribution >= 4 is 17.4 Å². The van der Waals surface area contributed by atoms with E-state index in [1.165, 1.54) is 0 Å². The van der Waals surface area contributed by atoms with Gasteiger partial charge in [-0.3, -0.25) is 0 Å². The summed E-state index contributed by atoms with van der Waals surface area (Å²) < 4.78 is 10.3. The molecule has 2 N–H and O–H groups in total. The molecule has 1 heterocycles. The normalized spacial score (nSPS) is 10.2. The Morgan fingerprint density at radius 2 is 2.07 bits per heavy atom. The second kappa shape index (κ2) is 4.23. The summed E-state index contributed by atoms with van der Waals surface area (Å²) in [6.45, 7) is 0.297.